The van der Waals surface area contributed by atoms with Gasteiger partial charge < -0.3 is 10.8 Å². The third-order valence-corrected chi connectivity index (χ3v) is 1.32. The van der Waals surface area contributed by atoms with Crippen molar-refractivity contribution in [2.45, 2.75) is 19.6 Å². The van der Waals surface area contributed by atoms with Crippen molar-refractivity contribution in [1.29, 1.82) is 0 Å². The normalized spacial score (nSPS) is 12.8. The predicted octanol–water partition coefficient (Wildman–Crippen LogP) is -0.794. The van der Waals surface area contributed by atoms with E-state index in [0.29, 0.717) is 0 Å². The zero-order valence-electron chi connectivity index (χ0n) is 6.77. The molecule has 0 saturated carbocycles. The lowest BCUT2D eigenvalue weighted by molar-refractivity contribution is 0.166. The van der Waals surface area contributed by atoms with Crippen molar-refractivity contribution in [3.05, 3.63) is 22.5 Å². The maximum absolute atomic E-state index is 11.0. The van der Waals surface area contributed by atoms with Crippen LogP contribution in [0.1, 0.15) is 6.92 Å². The van der Waals surface area contributed by atoms with Crippen molar-refractivity contribution in [3.63, 3.8) is 0 Å². The summed E-state index contributed by atoms with van der Waals surface area (Å²) in [5.41, 5.74) is 5.09. The Labute approximate surface area is 69.4 Å². The highest BCUT2D eigenvalue weighted by atomic mass is 16.3. The number of anilines is 1. The summed E-state index contributed by atoms with van der Waals surface area (Å²) in [6.45, 7) is 1.75. The molecule has 12 heavy (non-hydrogen) atoms. The first-order chi connectivity index (χ1) is 5.59. The maximum atomic E-state index is 11.0. The van der Waals surface area contributed by atoms with Gasteiger partial charge in [-0.15, -0.1) is 0 Å². The number of hydrogen-bond donors (Lipinski definition) is 2. The summed E-state index contributed by atoms with van der Waals surface area (Å²) in [5.74, 6) is 0.273. The molecule has 1 heterocycles. The van der Waals surface area contributed by atoms with Gasteiger partial charge in [0.25, 0.3) is 5.56 Å². The highest BCUT2D eigenvalue weighted by molar-refractivity contribution is 5.23. The molecule has 1 aromatic rings. The molecule has 0 bridgehead atoms. The molecule has 1 unspecified atom stereocenters. The molecule has 0 aliphatic heterocycles. The zero-order chi connectivity index (χ0) is 9.14. The van der Waals surface area contributed by atoms with Crippen LogP contribution >= 0.6 is 0 Å². The standard InChI is InChI=1S/C7H11N3O2/c1-5(11)4-10-7(12)3-2-6(8)9-10/h2-3,5,11H,4H2,1H3,(H2,8,9). The van der Waals surface area contributed by atoms with E-state index in [1.807, 2.05) is 0 Å². The lowest BCUT2D eigenvalue weighted by Gasteiger charge is -2.05. The van der Waals surface area contributed by atoms with Crippen LogP contribution in [-0.2, 0) is 6.54 Å². The Bertz CT molecular complexity index is 319. The highest BCUT2D eigenvalue weighted by Gasteiger charge is 2.01. The second-order valence-electron chi connectivity index (χ2n) is 2.63. The van der Waals surface area contributed by atoms with Crippen LogP contribution in [0.4, 0.5) is 5.82 Å². The van der Waals surface area contributed by atoms with E-state index in [9.17, 15) is 4.79 Å². The van der Waals surface area contributed by atoms with Gasteiger partial charge >= 0.3 is 0 Å². The van der Waals surface area contributed by atoms with E-state index in [1.165, 1.54) is 12.1 Å². The van der Waals surface area contributed by atoms with E-state index >= 15 is 0 Å². The molecule has 0 aromatic carbocycles. The van der Waals surface area contributed by atoms with Crippen LogP contribution in [0, 0.1) is 0 Å². The molecule has 0 fully saturated rings. The monoisotopic (exact) mass is 169 g/mol. The molecule has 66 valence electrons. The molecule has 1 aromatic heterocycles. The molecule has 1 rings (SSSR count). The highest BCUT2D eigenvalue weighted by Crippen LogP contribution is 1.90. The van der Waals surface area contributed by atoms with Gasteiger partial charge in [-0.25, -0.2) is 4.68 Å². The molecule has 0 saturated heterocycles. The van der Waals surface area contributed by atoms with Crippen LogP contribution in [0.25, 0.3) is 0 Å². The van der Waals surface area contributed by atoms with Gasteiger partial charge in [-0.05, 0) is 13.0 Å². The summed E-state index contributed by atoms with van der Waals surface area (Å²) in [6.07, 6.45) is -0.600. The van der Waals surface area contributed by atoms with Gasteiger partial charge in [0.1, 0.15) is 5.82 Å². The minimum atomic E-state index is -0.600. The Morgan fingerprint density at radius 2 is 2.42 bits per heavy atom. The SMILES string of the molecule is CC(O)Cn1nc(N)ccc1=O. The first-order valence-corrected chi connectivity index (χ1v) is 3.61. The number of rotatable bonds is 2. The van der Waals surface area contributed by atoms with Gasteiger partial charge in [0, 0.05) is 6.07 Å². The average molecular weight is 169 g/mol. The van der Waals surface area contributed by atoms with E-state index in [2.05, 4.69) is 5.10 Å². The number of nitrogens with zero attached hydrogens (tertiary/aromatic N) is 2. The molecule has 0 radical (unpaired) electrons. The second-order valence-corrected chi connectivity index (χ2v) is 2.63. The number of aromatic nitrogens is 2. The fourth-order valence-corrected chi connectivity index (χ4v) is 0.846. The van der Waals surface area contributed by atoms with E-state index in [0.717, 1.165) is 4.68 Å². The van der Waals surface area contributed by atoms with Gasteiger partial charge in [0.15, 0.2) is 0 Å². The van der Waals surface area contributed by atoms with Crippen LogP contribution < -0.4 is 11.3 Å². The molecule has 1 atom stereocenters. The molecule has 3 N–H and O–H groups in total. The number of aliphatic hydroxyl groups excluding tert-OH is 1. The smallest absolute Gasteiger partial charge is 0.266 e. The van der Waals surface area contributed by atoms with Gasteiger partial charge in [-0.3, -0.25) is 4.79 Å². The lowest BCUT2D eigenvalue weighted by atomic mass is 10.4. The topological polar surface area (TPSA) is 81.1 Å². The average Bonchev–Trinajstić information content (AvgIpc) is 1.96. The van der Waals surface area contributed by atoms with Crippen molar-refractivity contribution in [1.82, 2.24) is 9.78 Å². The van der Waals surface area contributed by atoms with Crippen molar-refractivity contribution in [2.24, 2.45) is 0 Å². The quantitative estimate of drug-likeness (QED) is 0.607. The fourth-order valence-electron chi connectivity index (χ4n) is 0.846. The second kappa shape index (κ2) is 3.36. The summed E-state index contributed by atoms with van der Waals surface area (Å²) in [6, 6.07) is 2.76. The number of nitrogen functional groups attached to an aromatic ring is 1. The maximum Gasteiger partial charge on any atom is 0.266 e. The van der Waals surface area contributed by atoms with Gasteiger partial charge in [0.05, 0.1) is 12.6 Å². The van der Waals surface area contributed by atoms with Gasteiger partial charge in [0.2, 0.25) is 0 Å². The Morgan fingerprint density at radius 3 is 3.00 bits per heavy atom. The minimum absolute atomic E-state index is 0.171. The largest absolute Gasteiger partial charge is 0.391 e. The van der Waals surface area contributed by atoms with Crippen LogP contribution in [0.15, 0.2) is 16.9 Å². The minimum Gasteiger partial charge on any atom is -0.391 e. The summed E-state index contributed by atoms with van der Waals surface area (Å²) >= 11 is 0. The molecule has 5 nitrogen and oxygen atoms in total. The molecule has 0 aliphatic rings. The number of aliphatic hydroxyl groups is 1. The van der Waals surface area contributed by atoms with Gasteiger partial charge in [-0.1, -0.05) is 0 Å². The Hall–Kier alpha value is -1.36. The zero-order valence-corrected chi connectivity index (χ0v) is 6.77. The number of nitrogens with two attached hydrogens (primary N) is 1. The van der Waals surface area contributed by atoms with Crippen molar-refractivity contribution in [3.8, 4) is 0 Å². The lowest BCUT2D eigenvalue weighted by Crippen LogP contribution is -2.27. The summed E-state index contributed by atoms with van der Waals surface area (Å²) in [7, 11) is 0. The fraction of sp³-hybridized carbons (Fsp3) is 0.429. The van der Waals surface area contributed by atoms with Crippen molar-refractivity contribution >= 4 is 5.82 Å². The summed E-state index contributed by atoms with van der Waals surface area (Å²) in [5, 5.41) is 12.7. The molecular weight excluding hydrogens is 158 g/mol. The molecular formula is C7H11N3O2. The van der Waals surface area contributed by atoms with Crippen molar-refractivity contribution in [2.75, 3.05) is 5.73 Å². The molecule has 0 aliphatic carbocycles. The van der Waals surface area contributed by atoms with Crippen LogP contribution in [0.5, 0.6) is 0 Å². The Balaban J connectivity index is 2.98. The third kappa shape index (κ3) is 2.06. The molecule has 0 spiro atoms. The first-order valence-electron chi connectivity index (χ1n) is 3.61. The van der Waals surface area contributed by atoms with Crippen LogP contribution in [0.2, 0.25) is 0 Å². The summed E-state index contributed by atoms with van der Waals surface area (Å²) < 4.78 is 1.14. The number of hydrogen-bond acceptors (Lipinski definition) is 4. The molecule has 5 heteroatoms. The summed E-state index contributed by atoms with van der Waals surface area (Å²) in [4.78, 5) is 11.0. The van der Waals surface area contributed by atoms with Crippen LogP contribution in [-0.4, -0.2) is 21.0 Å². The first kappa shape index (κ1) is 8.73. The Morgan fingerprint density at radius 1 is 1.75 bits per heavy atom. The van der Waals surface area contributed by atoms with Gasteiger partial charge in [-0.2, -0.15) is 5.10 Å². The third-order valence-electron chi connectivity index (χ3n) is 1.32. The van der Waals surface area contributed by atoms with E-state index in [-0.39, 0.29) is 17.9 Å². The Kier molecular flexibility index (Phi) is 2.44. The van der Waals surface area contributed by atoms with E-state index in [4.69, 9.17) is 10.8 Å². The van der Waals surface area contributed by atoms with Crippen LogP contribution in [0.3, 0.4) is 0 Å². The van der Waals surface area contributed by atoms with Crippen molar-refractivity contribution < 1.29 is 5.11 Å². The predicted molar refractivity (Wildman–Crippen MR) is 44.6 cm³/mol. The molecule has 0 amide bonds. The van der Waals surface area contributed by atoms with E-state index in [1.54, 1.807) is 6.92 Å². The van der Waals surface area contributed by atoms with E-state index < -0.39 is 6.10 Å².